The third-order valence-corrected chi connectivity index (χ3v) is 6.74. The van der Waals surface area contributed by atoms with E-state index in [1.165, 1.54) is 30.1 Å². The predicted octanol–water partition coefficient (Wildman–Crippen LogP) is 3.34. The van der Waals surface area contributed by atoms with Gasteiger partial charge in [0.25, 0.3) is 0 Å². The number of amides is 1. The zero-order chi connectivity index (χ0) is 21.0. The normalized spacial score (nSPS) is 18.6. The number of aryl methyl sites for hydroxylation is 1. The highest BCUT2D eigenvalue weighted by Gasteiger charge is 2.32. The molecule has 152 valence electrons. The molecule has 1 unspecified atom stereocenters. The molecule has 0 saturated carbocycles. The van der Waals surface area contributed by atoms with Crippen molar-refractivity contribution in [1.29, 1.82) is 0 Å². The molecule has 1 aliphatic rings. The van der Waals surface area contributed by atoms with Crippen LogP contribution in [0.5, 0.6) is 5.75 Å². The van der Waals surface area contributed by atoms with Gasteiger partial charge in [-0.15, -0.1) is 5.10 Å². The lowest BCUT2D eigenvalue weighted by Gasteiger charge is -2.07. The highest BCUT2D eigenvalue weighted by atomic mass is 32.2. The highest BCUT2D eigenvalue weighted by Crippen LogP contribution is 2.25. The third-order valence-electron chi connectivity index (χ3n) is 4.06. The van der Waals surface area contributed by atoms with E-state index in [4.69, 9.17) is 4.18 Å². The Kier molecular flexibility index (Phi) is 6.39. The van der Waals surface area contributed by atoms with Crippen molar-refractivity contribution in [3.05, 3.63) is 59.7 Å². The predicted molar refractivity (Wildman–Crippen MR) is 115 cm³/mol. The third kappa shape index (κ3) is 5.45. The van der Waals surface area contributed by atoms with Crippen molar-refractivity contribution in [2.24, 2.45) is 16.1 Å². The van der Waals surface area contributed by atoms with Crippen molar-refractivity contribution in [2.75, 3.05) is 0 Å². The molecule has 3 rings (SSSR count). The van der Waals surface area contributed by atoms with Gasteiger partial charge in [0.2, 0.25) is 5.91 Å². The number of nitrogens with zero attached hydrogens (tertiary/aromatic N) is 2. The molecule has 1 heterocycles. The number of nitrogens with one attached hydrogen (secondary N) is 1. The summed E-state index contributed by atoms with van der Waals surface area (Å²) in [5.74, 6) is 0.294. The van der Waals surface area contributed by atoms with Crippen LogP contribution >= 0.6 is 11.8 Å². The highest BCUT2D eigenvalue weighted by molar-refractivity contribution is 8.15. The van der Waals surface area contributed by atoms with Crippen LogP contribution in [0.2, 0.25) is 0 Å². The summed E-state index contributed by atoms with van der Waals surface area (Å²) in [6.07, 6.45) is 1.47. The Bertz CT molecular complexity index is 1060. The van der Waals surface area contributed by atoms with Gasteiger partial charge in [-0.1, -0.05) is 55.4 Å². The Labute approximate surface area is 174 Å². The first-order chi connectivity index (χ1) is 13.7. The molecule has 1 aliphatic heterocycles. The van der Waals surface area contributed by atoms with E-state index in [0.717, 1.165) is 5.56 Å². The van der Waals surface area contributed by atoms with Gasteiger partial charge in [-0.3, -0.25) is 4.79 Å². The van der Waals surface area contributed by atoms with Gasteiger partial charge in [0.1, 0.15) is 10.6 Å². The molecule has 0 aliphatic carbocycles. The van der Waals surface area contributed by atoms with Crippen LogP contribution < -0.4 is 9.50 Å². The van der Waals surface area contributed by atoms with Crippen molar-refractivity contribution in [3.63, 3.8) is 0 Å². The van der Waals surface area contributed by atoms with Gasteiger partial charge in [0.05, 0.1) is 11.5 Å². The summed E-state index contributed by atoms with van der Waals surface area (Å²) in [6.45, 7) is 5.82. The summed E-state index contributed by atoms with van der Waals surface area (Å²) < 4.78 is 30.0. The zero-order valence-corrected chi connectivity index (χ0v) is 17.8. The largest absolute Gasteiger partial charge is 0.379 e. The average molecular weight is 432 g/mol. The summed E-state index contributed by atoms with van der Waals surface area (Å²) in [5.41, 5.74) is 1.57. The number of hydrogen-bond donors (Lipinski definition) is 1. The summed E-state index contributed by atoms with van der Waals surface area (Å²) in [4.78, 5) is 11.9. The van der Waals surface area contributed by atoms with E-state index < -0.39 is 10.1 Å². The van der Waals surface area contributed by atoms with E-state index in [1.807, 2.05) is 20.8 Å². The SMILES string of the molecule is Cc1ccc(S(=O)(=O)Oc2cccc(C=N/N=C3\NC(=O)C(C(C)C)S3)c2)cc1. The van der Waals surface area contributed by atoms with Crippen LogP contribution in [0, 0.1) is 12.8 Å². The van der Waals surface area contributed by atoms with Crippen LogP contribution in [0.1, 0.15) is 25.0 Å². The van der Waals surface area contributed by atoms with Gasteiger partial charge in [-0.2, -0.15) is 13.5 Å². The molecule has 1 amide bonds. The molecule has 1 fully saturated rings. The molecule has 0 aromatic heterocycles. The number of carbonyl (C=O) groups is 1. The van der Waals surface area contributed by atoms with Crippen molar-refractivity contribution >= 4 is 39.2 Å². The van der Waals surface area contributed by atoms with E-state index in [9.17, 15) is 13.2 Å². The lowest BCUT2D eigenvalue weighted by Crippen LogP contribution is -2.27. The van der Waals surface area contributed by atoms with Gasteiger partial charge in [0, 0.05) is 0 Å². The van der Waals surface area contributed by atoms with Crippen LogP contribution in [0.25, 0.3) is 0 Å². The molecular weight excluding hydrogens is 410 g/mol. The quantitative estimate of drug-likeness (QED) is 0.430. The standard InChI is InChI=1S/C20H21N3O4S2/c1-13(2)18-19(24)22-20(28-18)23-21-12-15-5-4-6-16(11-15)27-29(25,26)17-9-7-14(3)8-10-17/h4-13,18H,1-3H3,(H,22,23,24). The van der Waals surface area contributed by atoms with Gasteiger partial charge < -0.3 is 9.50 Å². The van der Waals surface area contributed by atoms with Crippen molar-refractivity contribution in [2.45, 2.75) is 30.9 Å². The monoisotopic (exact) mass is 431 g/mol. The molecule has 29 heavy (non-hydrogen) atoms. The van der Waals surface area contributed by atoms with Crippen LogP contribution in [-0.2, 0) is 14.9 Å². The van der Waals surface area contributed by atoms with Crippen LogP contribution in [0.4, 0.5) is 0 Å². The first-order valence-electron chi connectivity index (χ1n) is 8.94. The van der Waals surface area contributed by atoms with E-state index in [-0.39, 0.29) is 27.7 Å². The average Bonchev–Trinajstić information content (AvgIpc) is 3.03. The summed E-state index contributed by atoms with van der Waals surface area (Å²) in [6, 6.07) is 12.9. The Morgan fingerprint density at radius 2 is 1.90 bits per heavy atom. The fraction of sp³-hybridized carbons (Fsp3) is 0.250. The molecule has 1 N–H and O–H groups in total. The summed E-state index contributed by atoms with van der Waals surface area (Å²) in [5, 5.41) is 11.0. The lowest BCUT2D eigenvalue weighted by molar-refractivity contribution is -0.119. The smallest absolute Gasteiger partial charge is 0.339 e. The van der Waals surface area contributed by atoms with Gasteiger partial charge in [0.15, 0.2) is 5.17 Å². The number of amidine groups is 1. The van der Waals surface area contributed by atoms with E-state index >= 15 is 0 Å². The second kappa shape index (κ2) is 8.79. The molecule has 1 saturated heterocycles. The van der Waals surface area contributed by atoms with E-state index in [2.05, 4.69) is 15.5 Å². The van der Waals surface area contributed by atoms with Crippen molar-refractivity contribution < 1.29 is 17.4 Å². The van der Waals surface area contributed by atoms with Crippen LogP contribution in [0.15, 0.2) is 63.6 Å². The molecule has 0 spiro atoms. The number of thioether (sulfide) groups is 1. The Morgan fingerprint density at radius 3 is 2.55 bits per heavy atom. The lowest BCUT2D eigenvalue weighted by atomic mass is 10.1. The van der Waals surface area contributed by atoms with Crippen LogP contribution in [0.3, 0.4) is 0 Å². The van der Waals surface area contributed by atoms with E-state index in [0.29, 0.717) is 10.7 Å². The van der Waals surface area contributed by atoms with Crippen molar-refractivity contribution in [1.82, 2.24) is 5.32 Å². The van der Waals surface area contributed by atoms with E-state index in [1.54, 1.807) is 36.4 Å². The number of hydrogen-bond acceptors (Lipinski definition) is 7. The summed E-state index contributed by atoms with van der Waals surface area (Å²) in [7, 11) is -3.92. The Morgan fingerprint density at radius 1 is 1.17 bits per heavy atom. The molecule has 0 bridgehead atoms. The molecule has 2 aromatic carbocycles. The van der Waals surface area contributed by atoms with Crippen molar-refractivity contribution in [3.8, 4) is 5.75 Å². The number of benzene rings is 2. The van der Waals surface area contributed by atoms with Gasteiger partial charge in [-0.25, -0.2) is 0 Å². The fourth-order valence-electron chi connectivity index (χ4n) is 2.54. The molecule has 1 atom stereocenters. The maximum absolute atomic E-state index is 12.4. The minimum atomic E-state index is -3.92. The molecular formula is C20H21N3O4S2. The Hall–Kier alpha value is -2.65. The minimum absolute atomic E-state index is 0.0735. The second-order valence-corrected chi connectivity index (χ2v) is 9.52. The fourth-order valence-corrected chi connectivity index (χ4v) is 4.40. The maximum atomic E-state index is 12.4. The van der Waals surface area contributed by atoms with Gasteiger partial charge >= 0.3 is 10.1 Å². The molecule has 2 aromatic rings. The maximum Gasteiger partial charge on any atom is 0.339 e. The topological polar surface area (TPSA) is 97.2 Å². The first-order valence-corrected chi connectivity index (χ1v) is 11.2. The Balaban J connectivity index is 1.70. The molecule has 0 radical (unpaired) electrons. The molecule has 7 nitrogen and oxygen atoms in total. The number of rotatable bonds is 6. The number of carbonyl (C=O) groups excluding carboxylic acids is 1. The molecule has 9 heteroatoms. The minimum Gasteiger partial charge on any atom is -0.379 e. The summed E-state index contributed by atoms with van der Waals surface area (Å²) >= 11 is 1.34. The first kappa shape index (κ1) is 21.1. The second-order valence-electron chi connectivity index (χ2n) is 6.84. The van der Waals surface area contributed by atoms with Crippen LogP contribution in [-0.4, -0.2) is 31.0 Å². The zero-order valence-electron chi connectivity index (χ0n) is 16.2. The van der Waals surface area contributed by atoms with Gasteiger partial charge in [-0.05, 0) is 42.7 Å².